The first-order valence-corrected chi connectivity index (χ1v) is 9.53. The minimum atomic E-state index is -0.241. The lowest BCUT2D eigenvalue weighted by molar-refractivity contribution is 0.776. The number of nitrogens with zero attached hydrogens (tertiary/aromatic N) is 5. The molecule has 2 heterocycles. The first-order valence-electron chi connectivity index (χ1n) is 8.77. The van der Waals surface area contributed by atoms with E-state index in [1.54, 1.807) is 50.3 Å². The third-order valence-corrected chi connectivity index (χ3v) is 4.97. The lowest BCUT2D eigenvalue weighted by Gasteiger charge is -2.09. The molecule has 2 aromatic heterocycles. The van der Waals surface area contributed by atoms with Gasteiger partial charge in [0.1, 0.15) is 5.82 Å². The number of benzene rings is 2. The van der Waals surface area contributed by atoms with Gasteiger partial charge in [-0.1, -0.05) is 47.5 Å². The second-order valence-corrected chi connectivity index (χ2v) is 7.24. The van der Waals surface area contributed by atoms with Crippen molar-refractivity contribution in [2.45, 2.75) is 13.8 Å². The molecule has 0 spiro atoms. The summed E-state index contributed by atoms with van der Waals surface area (Å²) in [5.41, 5.74) is 2.37. The molecule has 0 bridgehead atoms. The number of hydrogen-bond donors (Lipinski definition) is 0. The van der Waals surface area contributed by atoms with Crippen molar-refractivity contribution in [1.82, 2.24) is 24.7 Å². The van der Waals surface area contributed by atoms with Gasteiger partial charge < -0.3 is 0 Å². The highest BCUT2D eigenvalue weighted by molar-refractivity contribution is 6.35. The van der Waals surface area contributed by atoms with E-state index in [2.05, 4.69) is 20.2 Å². The van der Waals surface area contributed by atoms with Gasteiger partial charge in [-0.05, 0) is 49.8 Å². The van der Waals surface area contributed by atoms with E-state index in [1.165, 1.54) is 4.57 Å². The molecule has 0 unspecified atom stereocenters. The molecule has 0 aliphatic heterocycles. The van der Waals surface area contributed by atoms with Gasteiger partial charge in [0, 0.05) is 10.0 Å². The Bertz CT molecular complexity index is 1330. The fourth-order valence-electron chi connectivity index (χ4n) is 2.92. The van der Waals surface area contributed by atoms with Gasteiger partial charge in [0.15, 0.2) is 0 Å². The molecule has 0 aliphatic carbocycles. The average molecular weight is 424 g/mol. The third-order valence-electron chi connectivity index (χ3n) is 4.41. The monoisotopic (exact) mass is 423 g/mol. The van der Waals surface area contributed by atoms with Crippen LogP contribution in [0, 0.1) is 13.8 Å². The van der Waals surface area contributed by atoms with E-state index in [0.29, 0.717) is 38.2 Å². The van der Waals surface area contributed by atoms with E-state index < -0.39 is 0 Å². The van der Waals surface area contributed by atoms with Crippen LogP contribution < -0.4 is 5.56 Å². The second-order valence-electron chi connectivity index (χ2n) is 6.40. The summed E-state index contributed by atoms with van der Waals surface area (Å²) in [5, 5.41) is 9.85. The average Bonchev–Trinajstić information content (AvgIpc) is 2.69. The van der Waals surface area contributed by atoms with E-state index in [0.717, 1.165) is 5.56 Å². The standard InChI is InChI=1S/C21H15Cl2N5O/c1-12-18(10-8-14-7-9-15(22)11-17(14)23)25-21(27-26-12)28-13(2)24-19-6-4-3-5-16(19)20(28)29/h3-11H,1-2H3/b10-8+. The zero-order valence-electron chi connectivity index (χ0n) is 15.6. The summed E-state index contributed by atoms with van der Waals surface area (Å²) in [6.07, 6.45) is 3.59. The predicted molar refractivity (Wildman–Crippen MR) is 116 cm³/mol. The molecule has 29 heavy (non-hydrogen) atoms. The summed E-state index contributed by atoms with van der Waals surface area (Å²) in [6, 6.07) is 12.4. The Labute approximate surface area is 176 Å². The van der Waals surface area contributed by atoms with E-state index >= 15 is 0 Å². The fraction of sp³-hybridized carbons (Fsp3) is 0.0952. The molecular formula is C21H15Cl2N5O. The van der Waals surface area contributed by atoms with Crippen molar-refractivity contribution in [2.75, 3.05) is 0 Å². The highest BCUT2D eigenvalue weighted by Crippen LogP contribution is 2.23. The quantitative estimate of drug-likeness (QED) is 0.478. The molecule has 0 fully saturated rings. The number of aryl methyl sites for hydroxylation is 2. The van der Waals surface area contributed by atoms with E-state index in [9.17, 15) is 4.79 Å². The van der Waals surface area contributed by atoms with Crippen LogP contribution in [-0.4, -0.2) is 24.7 Å². The van der Waals surface area contributed by atoms with Crippen LogP contribution in [0.25, 0.3) is 29.0 Å². The van der Waals surface area contributed by atoms with Gasteiger partial charge in [0.2, 0.25) is 0 Å². The minimum absolute atomic E-state index is 0.165. The minimum Gasteiger partial charge on any atom is -0.268 e. The van der Waals surface area contributed by atoms with Crippen molar-refractivity contribution in [2.24, 2.45) is 0 Å². The Morgan fingerprint density at radius 1 is 0.966 bits per heavy atom. The highest BCUT2D eigenvalue weighted by atomic mass is 35.5. The summed E-state index contributed by atoms with van der Waals surface area (Å²) in [4.78, 5) is 22.0. The molecule has 0 aliphatic rings. The summed E-state index contributed by atoms with van der Waals surface area (Å²) >= 11 is 12.2. The van der Waals surface area contributed by atoms with Crippen LogP contribution >= 0.6 is 23.2 Å². The highest BCUT2D eigenvalue weighted by Gasteiger charge is 2.13. The van der Waals surface area contributed by atoms with E-state index in [4.69, 9.17) is 23.2 Å². The predicted octanol–water partition coefficient (Wildman–Crippen LogP) is 4.66. The van der Waals surface area contributed by atoms with Crippen LogP contribution in [0.2, 0.25) is 10.0 Å². The number of aromatic nitrogens is 5. The number of fused-ring (bicyclic) bond motifs is 1. The molecule has 0 atom stereocenters. The van der Waals surface area contributed by atoms with Gasteiger partial charge >= 0.3 is 0 Å². The second kappa shape index (κ2) is 7.73. The van der Waals surface area contributed by atoms with Crippen molar-refractivity contribution >= 4 is 46.3 Å². The van der Waals surface area contributed by atoms with Crippen molar-refractivity contribution < 1.29 is 0 Å². The van der Waals surface area contributed by atoms with Crippen molar-refractivity contribution in [3.63, 3.8) is 0 Å². The molecule has 0 radical (unpaired) electrons. The van der Waals surface area contributed by atoms with Crippen molar-refractivity contribution in [1.29, 1.82) is 0 Å². The number of rotatable bonds is 3. The van der Waals surface area contributed by atoms with E-state index in [1.807, 2.05) is 18.2 Å². The van der Waals surface area contributed by atoms with Crippen molar-refractivity contribution in [3.05, 3.63) is 85.6 Å². The molecule has 4 aromatic rings. The smallest absolute Gasteiger partial charge is 0.268 e. The molecule has 0 amide bonds. The van der Waals surface area contributed by atoms with Crippen LogP contribution in [0.1, 0.15) is 22.8 Å². The van der Waals surface area contributed by atoms with Gasteiger partial charge in [0.05, 0.1) is 22.3 Å². The lowest BCUT2D eigenvalue weighted by Crippen LogP contribution is -2.25. The summed E-state index contributed by atoms with van der Waals surface area (Å²) in [7, 11) is 0. The SMILES string of the molecule is Cc1nnc(-n2c(C)nc3ccccc3c2=O)nc1/C=C/c1ccc(Cl)cc1Cl. The normalized spacial score (nSPS) is 11.4. The summed E-state index contributed by atoms with van der Waals surface area (Å²) in [5.74, 6) is 0.647. The van der Waals surface area contributed by atoms with Gasteiger partial charge in [-0.15, -0.1) is 10.2 Å². The Balaban J connectivity index is 1.81. The van der Waals surface area contributed by atoms with Crippen LogP contribution in [0.5, 0.6) is 0 Å². The van der Waals surface area contributed by atoms with Crippen LogP contribution in [0.15, 0.2) is 47.3 Å². The molecule has 6 nitrogen and oxygen atoms in total. The maximum Gasteiger partial charge on any atom is 0.268 e. The van der Waals surface area contributed by atoms with Gasteiger partial charge in [0.25, 0.3) is 11.5 Å². The Morgan fingerprint density at radius 2 is 1.76 bits per heavy atom. The van der Waals surface area contributed by atoms with Crippen LogP contribution in [0.3, 0.4) is 0 Å². The largest absolute Gasteiger partial charge is 0.268 e. The Hall–Kier alpha value is -3.09. The molecule has 0 saturated heterocycles. The van der Waals surface area contributed by atoms with Gasteiger partial charge in [-0.2, -0.15) is 0 Å². The molecule has 0 N–H and O–H groups in total. The molecular weight excluding hydrogens is 409 g/mol. The molecule has 8 heteroatoms. The summed E-state index contributed by atoms with van der Waals surface area (Å²) < 4.78 is 1.36. The van der Waals surface area contributed by atoms with Gasteiger partial charge in [-0.3, -0.25) is 4.79 Å². The fourth-order valence-corrected chi connectivity index (χ4v) is 3.39. The molecule has 4 rings (SSSR count). The first kappa shape index (κ1) is 19.2. The number of halogens is 2. The third kappa shape index (κ3) is 3.77. The van der Waals surface area contributed by atoms with Gasteiger partial charge in [-0.25, -0.2) is 14.5 Å². The Morgan fingerprint density at radius 3 is 2.55 bits per heavy atom. The van der Waals surface area contributed by atoms with Crippen molar-refractivity contribution in [3.8, 4) is 5.95 Å². The zero-order chi connectivity index (χ0) is 20.5. The number of para-hydroxylation sites is 1. The molecule has 2 aromatic carbocycles. The number of hydrogen-bond acceptors (Lipinski definition) is 5. The molecule has 144 valence electrons. The topological polar surface area (TPSA) is 73.6 Å². The lowest BCUT2D eigenvalue weighted by atomic mass is 10.2. The Kier molecular flexibility index (Phi) is 5.13. The maximum absolute atomic E-state index is 13.0. The zero-order valence-corrected chi connectivity index (χ0v) is 17.1. The first-order chi connectivity index (χ1) is 13.9. The summed E-state index contributed by atoms with van der Waals surface area (Å²) in [6.45, 7) is 3.53. The van der Waals surface area contributed by atoms with E-state index in [-0.39, 0.29) is 11.5 Å². The van der Waals surface area contributed by atoms with Crippen LogP contribution in [-0.2, 0) is 0 Å². The van der Waals surface area contributed by atoms with Crippen LogP contribution in [0.4, 0.5) is 0 Å². The molecule has 0 saturated carbocycles. The maximum atomic E-state index is 13.0.